The number of carbonyl (C=O) groups is 1. The molecule has 0 saturated carbocycles. The predicted molar refractivity (Wildman–Crippen MR) is 79.3 cm³/mol. The fourth-order valence-electron chi connectivity index (χ4n) is 2.40. The Labute approximate surface area is 116 Å². The maximum Gasteiger partial charge on any atom is 0.251 e. The lowest BCUT2D eigenvalue weighted by Gasteiger charge is -2.33. The van der Waals surface area contributed by atoms with Crippen LogP contribution in [0.3, 0.4) is 0 Å². The molecule has 3 heteroatoms. The zero-order chi connectivity index (χ0) is 14.0. The maximum absolute atomic E-state index is 12.2. The van der Waals surface area contributed by atoms with Gasteiger partial charge in [-0.25, -0.2) is 0 Å². The SMILES string of the molecule is CC(C)(C)CC(C)(C)NC(=O)c1cccc(S)c1. The van der Waals surface area contributed by atoms with Crippen LogP contribution < -0.4 is 5.32 Å². The number of thiol groups is 1. The van der Waals surface area contributed by atoms with Gasteiger partial charge in [-0.15, -0.1) is 12.6 Å². The first-order chi connectivity index (χ1) is 8.09. The summed E-state index contributed by atoms with van der Waals surface area (Å²) in [6.45, 7) is 10.6. The van der Waals surface area contributed by atoms with Crippen LogP contribution >= 0.6 is 12.6 Å². The Bertz CT molecular complexity index is 432. The molecule has 100 valence electrons. The first-order valence-electron chi connectivity index (χ1n) is 6.21. The lowest BCUT2D eigenvalue weighted by molar-refractivity contribution is 0.0891. The van der Waals surface area contributed by atoms with Gasteiger partial charge in [-0.2, -0.15) is 0 Å². The van der Waals surface area contributed by atoms with E-state index in [2.05, 4.69) is 52.6 Å². The molecule has 0 unspecified atom stereocenters. The number of hydrogen-bond acceptors (Lipinski definition) is 2. The van der Waals surface area contributed by atoms with Crippen molar-refractivity contribution in [3.63, 3.8) is 0 Å². The molecule has 0 aliphatic carbocycles. The molecule has 0 saturated heterocycles. The van der Waals surface area contributed by atoms with Crippen LogP contribution in [-0.2, 0) is 0 Å². The van der Waals surface area contributed by atoms with Gasteiger partial charge < -0.3 is 5.32 Å². The van der Waals surface area contributed by atoms with Crippen LogP contribution in [0.4, 0.5) is 0 Å². The van der Waals surface area contributed by atoms with E-state index in [9.17, 15) is 4.79 Å². The second-order valence-corrected chi connectivity index (χ2v) is 7.14. The van der Waals surface area contributed by atoms with Gasteiger partial charge in [-0.1, -0.05) is 26.8 Å². The largest absolute Gasteiger partial charge is 0.347 e. The van der Waals surface area contributed by atoms with Crippen molar-refractivity contribution in [2.75, 3.05) is 0 Å². The lowest BCUT2D eigenvalue weighted by atomic mass is 9.81. The van der Waals surface area contributed by atoms with Crippen molar-refractivity contribution >= 4 is 18.5 Å². The molecule has 0 aliphatic rings. The maximum atomic E-state index is 12.2. The average Bonchev–Trinajstić information content (AvgIpc) is 2.12. The molecule has 0 heterocycles. The summed E-state index contributed by atoms with van der Waals surface area (Å²) in [6, 6.07) is 7.29. The van der Waals surface area contributed by atoms with Gasteiger partial charge in [0.05, 0.1) is 0 Å². The van der Waals surface area contributed by atoms with Crippen molar-refractivity contribution in [2.45, 2.75) is 51.5 Å². The molecule has 0 aliphatic heterocycles. The van der Waals surface area contributed by atoms with Crippen LogP contribution in [0.1, 0.15) is 51.4 Å². The van der Waals surface area contributed by atoms with E-state index >= 15 is 0 Å². The molecule has 1 aromatic rings. The summed E-state index contributed by atoms with van der Waals surface area (Å²) in [7, 11) is 0. The van der Waals surface area contributed by atoms with E-state index in [4.69, 9.17) is 0 Å². The third kappa shape index (κ3) is 5.13. The number of hydrogen-bond donors (Lipinski definition) is 2. The highest BCUT2D eigenvalue weighted by molar-refractivity contribution is 7.80. The van der Waals surface area contributed by atoms with Gasteiger partial charge in [-0.05, 0) is 43.9 Å². The van der Waals surface area contributed by atoms with Crippen LogP contribution in [0.2, 0.25) is 0 Å². The zero-order valence-electron chi connectivity index (χ0n) is 11.9. The molecule has 0 radical (unpaired) electrons. The number of carbonyl (C=O) groups excluding carboxylic acids is 1. The summed E-state index contributed by atoms with van der Waals surface area (Å²) in [6.07, 6.45) is 0.923. The van der Waals surface area contributed by atoms with Gasteiger partial charge in [0.1, 0.15) is 0 Å². The summed E-state index contributed by atoms with van der Waals surface area (Å²) >= 11 is 4.25. The smallest absolute Gasteiger partial charge is 0.251 e. The Morgan fingerprint density at radius 3 is 2.33 bits per heavy atom. The van der Waals surface area contributed by atoms with Crippen LogP contribution in [0.5, 0.6) is 0 Å². The fourth-order valence-corrected chi connectivity index (χ4v) is 2.62. The van der Waals surface area contributed by atoms with Crippen LogP contribution in [0, 0.1) is 5.41 Å². The second kappa shape index (κ2) is 5.35. The quantitative estimate of drug-likeness (QED) is 0.797. The van der Waals surface area contributed by atoms with Gasteiger partial charge in [0, 0.05) is 16.0 Å². The number of amides is 1. The molecule has 2 nitrogen and oxygen atoms in total. The van der Waals surface area contributed by atoms with Crippen molar-refractivity contribution in [1.82, 2.24) is 5.32 Å². The lowest BCUT2D eigenvalue weighted by Crippen LogP contribution is -2.45. The Balaban J connectivity index is 2.75. The topological polar surface area (TPSA) is 29.1 Å². The molecule has 1 N–H and O–H groups in total. The van der Waals surface area contributed by atoms with Crippen LogP contribution in [-0.4, -0.2) is 11.4 Å². The summed E-state index contributed by atoms with van der Waals surface area (Å²) < 4.78 is 0. The summed E-state index contributed by atoms with van der Waals surface area (Å²) in [4.78, 5) is 13.0. The normalized spacial score (nSPS) is 12.3. The molecule has 0 aromatic heterocycles. The number of nitrogens with one attached hydrogen (secondary N) is 1. The molecular formula is C15H23NOS. The molecule has 0 fully saturated rings. The molecule has 1 rings (SSSR count). The van der Waals surface area contributed by atoms with Gasteiger partial charge in [0.2, 0.25) is 0 Å². The first kappa shape index (κ1) is 15.1. The van der Waals surface area contributed by atoms with Crippen molar-refractivity contribution in [1.29, 1.82) is 0 Å². The number of benzene rings is 1. The van der Waals surface area contributed by atoms with Crippen molar-refractivity contribution in [3.8, 4) is 0 Å². The number of rotatable bonds is 3. The highest BCUT2D eigenvalue weighted by Crippen LogP contribution is 2.27. The minimum absolute atomic E-state index is 0.0415. The van der Waals surface area contributed by atoms with Crippen molar-refractivity contribution < 1.29 is 4.79 Å². The monoisotopic (exact) mass is 265 g/mol. The zero-order valence-corrected chi connectivity index (χ0v) is 12.8. The summed E-state index contributed by atoms with van der Waals surface area (Å²) in [5, 5.41) is 3.08. The Hall–Kier alpha value is -0.960. The average molecular weight is 265 g/mol. The highest BCUT2D eigenvalue weighted by Gasteiger charge is 2.27. The van der Waals surface area contributed by atoms with E-state index in [1.807, 2.05) is 18.2 Å². The molecule has 0 spiro atoms. The first-order valence-corrected chi connectivity index (χ1v) is 6.65. The molecule has 0 bridgehead atoms. The van der Waals surface area contributed by atoms with Gasteiger partial charge in [0.25, 0.3) is 5.91 Å². The highest BCUT2D eigenvalue weighted by atomic mass is 32.1. The molecule has 1 aromatic carbocycles. The van der Waals surface area contributed by atoms with E-state index in [1.165, 1.54) is 0 Å². The summed E-state index contributed by atoms with van der Waals surface area (Å²) in [5.74, 6) is -0.0415. The fraction of sp³-hybridized carbons (Fsp3) is 0.533. The minimum Gasteiger partial charge on any atom is -0.347 e. The third-order valence-electron chi connectivity index (χ3n) is 2.53. The Kier molecular flexibility index (Phi) is 4.49. The Morgan fingerprint density at radius 1 is 1.22 bits per heavy atom. The van der Waals surface area contributed by atoms with Crippen molar-refractivity contribution in [3.05, 3.63) is 29.8 Å². The molecule has 1 amide bonds. The Morgan fingerprint density at radius 2 is 1.83 bits per heavy atom. The minimum atomic E-state index is -0.220. The molecular weight excluding hydrogens is 242 g/mol. The second-order valence-electron chi connectivity index (χ2n) is 6.63. The standard InChI is InChI=1S/C15H23NOS/c1-14(2,3)10-15(4,5)16-13(17)11-7-6-8-12(18)9-11/h6-9,18H,10H2,1-5H3,(H,16,17). The third-order valence-corrected chi connectivity index (χ3v) is 2.81. The predicted octanol–water partition coefficient (Wildman–Crippen LogP) is 3.92. The van der Waals surface area contributed by atoms with E-state index in [1.54, 1.807) is 6.07 Å². The van der Waals surface area contributed by atoms with E-state index in [0.29, 0.717) is 5.56 Å². The van der Waals surface area contributed by atoms with Crippen LogP contribution in [0.25, 0.3) is 0 Å². The van der Waals surface area contributed by atoms with E-state index in [-0.39, 0.29) is 16.9 Å². The van der Waals surface area contributed by atoms with Crippen LogP contribution in [0.15, 0.2) is 29.2 Å². The van der Waals surface area contributed by atoms with Gasteiger partial charge in [0.15, 0.2) is 0 Å². The molecule has 18 heavy (non-hydrogen) atoms. The van der Waals surface area contributed by atoms with E-state index in [0.717, 1.165) is 11.3 Å². The molecule has 0 atom stereocenters. The van der Waals surface area contributed by atoms with Crippen molar-refractivity contribution in [2.24, 2.45) is 5.41 Å². The summed E-state index contributed by atoms with van der Waals surface area (Å²) in [5.41, 5.74) is 0.619. The van der Waals surface area contributed by atoms with Gasteiger partial charge >= 0.3 is 0 Å². The van der Waals surface area contributed by atoms with E-state index < -0.39 is 0 Å². The van der Waals surface area contributed by atoms with Gasteiger partial charge in [-0.3, -0.25) is 4.79 Å².